The van der Waals surface area contributed by atoms with Crippen LogP contribution in [0.25, 0.3) is 0 Å². The van der Waals surface area contributed by atoms with Crippen LogP contribution in [0.15, 0.2) is 0 Å². The van der Waals surface area contributed by atoms with Crippen LogP contribution in [0, 0.1) is 0 Å². The van der Waals surface area contributed by atoms with Crippen molar-refractivity contribution in [2.24, 2.45) is 0 Å². The largest absolute Gasteiger partial charge is 0.367 e. The molecular weight excluding hydrogens is 118 g/mol. The van der Waals surface area contributed by atoms with Crippen molar-refractivity contribution in [1.82, 2.24) is 5.32 Å². The highest BCUT2D eigenvalue weighted by atomic mass is 16.5. The number of nitrogens with one attached hydrogen (secondary N) is 1. The van der Waals surface area contributed by atoms with E-state index in [2.05, 4.69) is 5.32 Å². The number of rotatable bonds is 4. The van der Waals surface area contributed by atoms with Crippen molar-refractivity contribution in [3.05, 3.63) is 0 Å². The van der Waals surface area contributed by atoms with Gasteiger partial charge in [-0.05, 0) is 13.8 Å². The first-order chi connectivity index (χ1) is 4.20. The summed E-state index contributed by atoms with van der Waals surface area (Å²) in [6.45, 7) is 3.85. The molecule has 0 aliphatic rings. The number of hydrogen-bond donors (Lipinski definition) is 1. The summed E-state index contributed by atoms with van der Waals surface area (Å²) < 4.78 is 9.86. The Morgan fingerprint density at radius 2 is 1.33 bits per heavy atom. The quantitative estimate of drug-likeness (QED) is 0.568. The monoisotopic (exact) mass is 133 g/mol. The molecule has 0 heterocycles. The van der Waals surface area contributed by atoms with Crippen molar-refractivity contribution >= 4 is 0 Å². The van der Waals surface area contributed by atoms with Crippen LogP contribution in [0.1, 0.15) is 13.8 Å². The molecule has 0 amide bonds. The molecule has 2 atom stereocenters. The molecule has 9 heavy (non-hydrogen) atoms. The molecule has 0 aromatic carbocycles. The smallest absolute Gasteiger partial charge is 0.106 e. The second-order valence-corrected chi connectivity index (χ2v) is 1.92. The van der Waals surface area contributed by atoms with E-state index in [1.807, 2.05) is 13.8 Å². The van der Waals surface area contributed by atoms with Crippen molar-refractivity contribution in [1.29, 1.82) is 0 Å². The van der Waals surface area contributed by atoms with Crippen LogP contribution >= 0.6 is 0 Å². The Bertz CT molecular complexity index is 60.1. The lowest BCUT2D eigenvalue weighted by molar-refractivity contribution is 0.00787. The van der Waals surface area contributed by atoms with Crippen LogP contribution in [0.4, 0.5) is 0 Å². The SMILES string of the molecule is COC(C)NC(C)OC. The second-order valence-electron chi connectivity index (χ2n) is 1.92. The van der Waals surface area contributed by atoms with Gasteiger partial charge in [-0.3, -0.25) is 5.32 Å². The Labute approximate surface area is 56.3 Å². The summed E-state index contributed by atoms with van der Waals surface area (Å²) in [4.78, 5) is 0. The minimum atomic E-state index is 0.0555. The maximum absolute atomic E-state index is 4.93. The van der Waals surface area contributed by atoms with Crippen molar-refractivity contribution < 1.29 is 9.47 Å². The Morgan fingerprint density at radius 3 is 1.56 bits per heavy atom. The van der Waals surface area contributed by atoms with Crippen molar-refractivity contribution in [2.45, 2.75) is 26.3 Å². The summed E-state index contributed by atoms with van der Waals surface area (Å²) in [5.41, 5.74) is 0. The predicted molar refractivity (Wildman–Crippen MR) is 36.1 cm³/mol. The summed E-state index contributed by atoms with van der Waals surface area (Å²) in [5.74, 6) is 0. The van der Waals surface area contributed by atoms with Gasteiger partial charge in [-0.15, -0.1) is 0 Å². The molecule has 0 saturated heterocycles. The highest BCUT2D eigenvalue weighted by Gasteiger charge is 2.01. The van der Waals surface area contributed by atoms with Crippen LogP contribution in [0.3, 0.4) is 0 Å². The molecule has 3 nitrogen and oxygen atoms in total. The first-order valence-corrected chi connectivity index (χ1v) is 3.02. The number of ether oxygens (including phenoxy) is 2. The highest BCUT2D eigenvalue weighted by molar-refractivity contribution is 4.47. The fourth-order valence-electron chi connectivity index (χ4n) is 0.467. The summed E-state index contributed by atoms with van der Waals surface area (Å²) >= 11 is 0. The van der Waals surface area contributed by atoms with Gasteiger partial charge in [0.25, 0.3) is 0 Å². The summed E-state index contributed by atoms with van der Waals surface area (Å²) in [6.07, 6.45) is 0.111. The van der Waals surface area contributed by atoms with Gasteiger partial charge in [-0.1, -0.05) is 0 Å². The van der Waals surface area contributed by atoms with Gasteiger partial charge in [0.05, 0.1) is 0 Å². The molecule has 0 spiro atoms. The van der Waals surface area contributed by atoms with E-state index in [4.69, 9.17) is 9.47 Å². The lowest BCUT2D eigenvalue weighted by Gasteiger charge is -2.16. The molecule has 0 radical (unpaired) electrons. The average Bonchev–Trinajstić information content (AvgIpc) is 1.87. The minimum absolute atomic E-state index is 0.0555. The van der Waals surface area contributed by atoms with Crippen LogP contribution < -0.4 is 5.32 Å². The lowest BCUT2D eigenvalue weighted by Crippen LogP contribution is -2.36. The minimum Gasteiger partial charge on any atom is -0.367 e. The van der Waals surface area contributed by atoms with Gasteiger partial charge in [0, 0.05) is 14.2 Å². The zero-order valence-corrected chi connectivity index (χ0v) is 6.47. The van der Waals surface area contributed by atoms with E-state index in [0.717, 1.165) is 0 Å². The maximum Gasteiger partial charge on any atom is 0.106 e. The fourth-order valence-corrected chi connectivity index (χ4v) is 0.467. The summed E-state index contributed by atoms with van der Waals surface area (Å²) in [7, 11) is 3.31. The van der Waals surface area contributed by atoms with E-state index in [1.165, 1.54) is 0 Å². The predicted octanol–water partition coefficient (Wildman–Crippen LogP) is 0.561. The van der Waals surface area contributed by atoms with E-state index in [-0.39, 0.29) is 12.5 Å². The molecule has 1 N–H and O–H groups in total. The van der Waals surface area contributed by atoms with Gasteiger partial charge in [0.15, 0.2) is 0 Å². The number of methoxy groups -OCH3 is 2. The van der Waals surface area contributed by atoms with E-state index in [9.17, 15) is 0 Å². The van der Waals surface area contributed by atoms with Crippen LogP contribution in [0.5, 0.6) is 0 Å². The second kappa shape index (κ2) is 4.73. The van der Waals surface area contributed by atoms with E-state index in [0.29, 0.717) is 0 Å². The standard InChI is InChI=1S/C6H15NO2/c1-5(8-3)7-6(2)9-4/h5-7H,1-4H3. The van der Waals surface area contributed by atoms with Gasteiger partial charge in [0.2, 0.25) is 0 Å². The first kappa shape index (κ1) is 8.88. The van der Waals surface area contributed by atoms with Gasteiger partial charge < -0.3 is 9.47 Å². The molecule has 0 aliphatic heterocycles. The van der Waals surface area contributed by atoms with E-state index >= 15 is 0 Å². The van der Waals surface area contributed by atoms with E-state index < -0.39 is 0 Å². The Morgan fingerprint density at radius 1 is 1.00 bits per heavy atom. The molecule has 0 aromatic heterocycles. The molecule has 3 heteroatoms. The Balaban J connectivity index is 3.22. The Hall–Kier alpha value is -0.120. The maximum atomic E-state index is 4.93. The molecule has 0 saturated carbocycles. The molecule has 0 aromatic rings. The summed E-state index contributed by atoms with van der Waals surface area (Å²) in [5, 5.41) is 3.03. The van der Waals surface area contributed by atoms with Gasteiger partial charge >= 0.3 is 0 Å². The van der Waals surface area contributed by atoms with Crippen molar-refractivity contribution in [3.63, 3.8) is 0 Å². The average molecular weight is 133 g/mol. The third-order valence-corrected chi connectivity index (χ3v) is 1.18. The van der Waals surface area contributed by atoms with Crippen LogP contribution in [0.2, 0.25) is 0 Å². The van der Waals surface area contributed by atoms with Gasteiger partial charge in [-0.25, -0.2) is 0 Å². The van der Waals surface area contributed by atoms with Gasteiger partial charge in [0.1, 0.15) is 12.5 Å². The molecule has 0 aliphatic carbocycles. The third-order valence-electron chi connectivity index (χ3n) is 1.18. The normalized spacial score (nSPS) is 17.3. The Kier molecular flexibility index (Phi) is 4.67. The first-order valence-electron chi connectivity index (χ1n) is 3.02. The molecular formula is C6H15NO2. The molecule has 0 bridgehead atoms. The van der Waals surface area contributed by atoms with Crippen molar-refractivity contribution in [2.75, 3.05) is 14.2 Å². The fraction of sp³-hybridized carbons (Fsp3) is 1.00. The van der Waals surface area contributed by atoms with Crippen molar-refractivity contribution in [3.8, 4) is 0 Å². The van der Waals surface area contributed by atoms with Crippen LogP contribution in [-0.2, 0) is 9.47 Å². The zero-order chi connectivity index (χ0) is 7.28. The molecule has 0 rings (SSSR count). The molecule has 2 unspecified atom stereocenters. The van der Waals surface area contributed by atoms with Crippen LogP contribution in [-0.4, -0.2) is 26.7 Å². The molecule has 0 fully saturated rings. The zero-order valence-electron chi connectivity index (χ0n) is 6.47. The third kappa shape index (κ3) is 4.39. The highest BCUT2D eigenvalue weighted by Crippen LogP contribution is 1.86. The lowest BCUT2D eigenvalue weighted by atomic mass is 10.5. The van der Waals surface area contributed by atoms with E-state index in [1.54, 1.807) is 14.2 Å². The van der Waals surface area contributed by atoms with Gasteiger partial charge in [-0.2, -0.15) is 0 Å². The number of hydrogen-bond acceptors (Lipinski definition) is 3. The summed E-state index contributed by atoms with van der Waals surface area (Å²) in [6, 6.07) is 0. The topological polar surface area (TPSA) is 30.5 Å². The molecule has 56 valence electrons.